The van der Waals surface area contributed by atoms with Gasteiger partial charge in [-0.15, -0.1) is 0 Å². The number of anilines is 1. The van der Waals surface area contributed by atoms with Gasteiger partial charge in [0.05, 0.1) is 11.0 Å². The van der Waals surface area contributed by atoms with E-state index in [1.165, 1.54) is 11.1 Å². The second-order valence-electron chi connectivity index (χ2n) is 9.32. The second kappa shape index (κ2) is 11.2. The van der Waals surface area contributed by atoms with Gasteiger partial charge >= 0.3 is 0 Å². The van der Waals surface area contributed by atoms with Crippen LogP contribution in [-0.4, -0.2) is 34.5 Å². The largest absolute Gasteiger partial charge is 0.356 e. The number of rotatable bonds is 9. The normalized spacial score (nSPS) is 12.9. The van der Waals surface area contributed by atoms with Crippen molar-refractivity contribution < 1.29 is 9.59 Å². The van der Waals surface area contributed by atoms with Gasteiger partial charge < -0.3 is 14.8 Å². The van der Waals surface area contributed by atoms with Crippen LogP contribution >= 0.6 is 0 Å². The molecule has 0 saturated heterocycles. The van der Waals surface area contributed by atoms with E-state index in [9.17, 15) is 9.59 Å². The molecule has 0 spiro atoms. The zero-order valence-corrected chi connectivity index (χ0v) is 20.5. The monoisotopic (exact) mass is 480 g/mol. The van der Waals surface area contributed by atoms with E-state index in [1.807, 2.05) is 82.3 Å². The van der Waals surface area contributed by atoms with Gasteiger partial charge in [0.2, 0.25) is 11.8 Å². The minimum atomic E-state index is 0.0614. The molecule has 184 valence electrons. The lowest BCUT2D eigenvalue weighted by molar-refractivity contribution is -0.121. The summed E-state index contributed by atoms with van der Waals surface area (Å²) in [6, 6.07) is 26.2. The molecule has 0 aliphatic carbocycles. The van der Waals surface area contributed by atoms with Crippen molar-refractivity contribution in [3.05, 3.63) is 95.8 Å². The van der Waals surface area contributed by atoms with Gasteiger partial charge in [-0.2, -0.15) is 0 Å². The van der Waals surface area contributed by atoms with Crippen LogP contribution in [-0.2, 0) is 35.4 Å². The van der Waals surface area contributed by atoms with Crippen molar-refractivity contribution in [2.24, 2.45) is 0 Å². The molecule has 1 N–H and O–H groups in total. The van der Waals surface area contributed by atoms with Crippen molar-refractivity contribution in [1.29, 1.82) is 0 Å². The first-order chi connectivity index (χ1) is 17.7. The first-order valence-electron chi connectivity index (χ1n) is 12.8. The van der Waals surface area contributed by atoms with E-state index >= 15 is 0 Å². The molecule has 2 amide bonds. The topological polar surface area (TPSA) is 67.2 Å². The molecular formula is C30H32N4O2. The van der Waals surface area contributed by atoms with Crippen molar-refractivity contribution in [1.82, 2.24) is 14.9 Å². The van der Waals surface area contributed by atoms with Crippen LogP contribution < -0.4 is 10.2 Å². The lowest BCUT2D eigenvalue weighted by atomic mass is 10.0. The summed E-state index contributed by atoms with van der Waals surface area (Å²) in [7, 11) is 0. The number of amides is 2. The molecule has 3 aromatic carbocycles. The number of aryl methyl sites for hydroxylation is 3. The standard InChI is InChI=1S/C30H32N4O2/c35-29(19-18-23-10-2-1-3-11-23)31-20-8-17-28-32-25-14-5-7-16-27(25)34(28)22-30(36)33-21-9-13-24-12-4-6-15-26(24)33/h1-7,10-12,14-16H,8-9,13,17-22H2,(H,31,35). The third-order valence-electron chi connectivity index (χ3n) is 6.82. The summed E-state index contributed by atoms with van der Waals surface area (Å²) in [5, 5.41) is 3.03. The quantitative estimate of drug-likeness (QED) is 0.353. The molecule has 1 aliphatic rings. The van der Waals surface area contributed by atoms with E-state index in [0.717, 1.165) is 54.8 Å². The predicted molar refractivity (Wildman–Crippen MR) is 143 cm³/mol. The third-order valence-corrected chi connectivity index (χ3v) is 6.82. The van der Waals surface area contributed by atoms with Crippen LogP contribution in [0.25, 0.3) is 11.0 Å². The molecule has 36 heavy (non-hydrogen) atoms. The Labute approximate surface area is 212 Å². The van der Waals surface area contributed by atoms with Gasteiger partial charge in [-0.1, -0.05) is 60.7 Å². The number of hydrogen-bond donors (Lipinski definition) is 1. The Hall–Kier alpha value is -3.93. The summed E-state index contributed by atoms with van der Waals surface area (Å²) in [6.07, 6.45) is 4.66. The highest BCUT2D eigenvalue weighted by Gasteiger charge is 2.23. The Morgan fingerprint density at radius 1 is 0.889 bits per heavy atom. The van der Waals surface area contributed by atoms with Crippen LogP contribution in [0.2, 0.25) is 0 Å². The van der Waals surface area contributed by atoms with E-state index < -0.39 is 0 Å². The molecule has 1 aliphatic heterocycles. The van der Waals surface area contributed by atoms with Gasteiger partial charge in [0.1, 0.15) is 12.4 Å². The molecule has 0 bridgehead atoms. The Bertz CT molecular complexity index is 1350. The number of imidazole rings is 1. The van der Waals surface area contributed by atoms with E-state index in [1.54, 1.807) is 0 Å². The van der Waals surface area contributed by atoms with Gasteiger partial charge in [-0.05, 0) is 55.0 Å². The highest BCUT2D eigenvalue weighted by Crippen LogP contribution is 2.27. The molecule has 0 radical (unpaired) electrons. The fourth-order valence-electron chi connectivity index (χ4n) is 4.97. The minimum absolute atomic E-state index is 0.0614. The molecule has 1 aromatic heterocycles. The van der Waals surface area contributed by atoms with Crippen molar-refractivity contribution in [2.45, 2.75) is 45.1 Å². The smallest absolute Gasteiger partial charge is 0.246 e. The van der Waals surface area contributed by atoms with E-state index in [2.05, 4.69) is 11.4 Å². The van der Waals surface area contributed by atoms with Crippen LogP contribution in [0.1, 0.15) is 36.2 Å². The first-order valence-corrected chi connectivity index (χ1v) is 12.8. The van der Waals surface area contributed by atoms with Crippen molar-refractivity contribution >= 4 is 28.5 Å². The van der Waals surface area contributed by atoms with E-state index in [-0.39, 0.29) is 18.4 Å². The van der Waals surface area contributed by atoms with Crippen LogP contribution in [0.3, 0.4) is 0 Å². The van der Waals surface area contributed by atoms with Crippen molar-refractivity contribution in [3.8, 4) is 0 Å². The van der Waals surface area contributed by atoms with Gasteiger partial charge in [0.25, 0.3) is 0 Å². The van der Waals surface area contributed by atoms with Crippen LogP contribution in [0.15, 0.2) is 78.9 Å². The van der Waals surface area contributed by atoms with Crippen molar-refractivity contribution in [2.75, 3.05) is 18.0 Å². The molecule has 2 heterocycles. The highest BCUT2D eigenvalue weighted by atomic mass is 16.2. The van der Waals surface area contributed by atoms with Crippen LogP contribution in [0.4, 0.5) is 5.69 Å². The molecular weight excluding hydrogens is 448 g/mol. The first kappa shape index (κ1) is 23.8. The number of carbonyl (C=O) groups excluding carboxylic acids is 2. The van der Waals surface area contributed by atoms with Gasteiger partial charge in [0, 0.05) is 31.6 Å². The lowest BCUT2D eigenvalue weighted by Gasteiger charge is -2.29. The minimum Gasteiger partial charge on any atom is -0.356 e. The maximum atomic E-state index is 13.5. The van der Waals surface area contributed by atoms with E-state index in [0.29, 0.717) is 19.4 Å². The number of para-hydroxylation sites is 3. The zero-order chi connectivity index (χ0) is 24.7. The maximum Gasteiger partial charge on any atom is 0.246 e. The fraction of sp³-hybridized carbons (Fsp3) is 0.300. The van der Waals surface area contributed by atoms with Gasteiger partial charge in [0.15, 0.2) is 0 Å². The molecule has 0 unspecified atom stereocenters. The Balaban J connectivity index is 1.22. The van der Waals surface area contributed by atoms with Crippen molar-refractivity contribution in [3.63, 3.8) is 0 Å². The number of fused-ring (bicyclic) bond motifs is 2. The Morgan fingerprint density at radius 3 is 2.56 bits per heavy atom. The number of carbonyl (C=O) groups is 2. The molecule has 6 nitrogen and oxygen atoms in total. The molecule has 6 heteroatoms. The predicted octanol–water partition coefficient (Wildman–Crippen LogP) is 4.70. The third kappa shape index (κ3) is 5.48. The molecule has 0 saturated carbocycles. The number of aromatic nitrogens is 2. The van der Waals surface area contributed by atoms with Crippen LogP contribution in [0, 0.1) is 0 Å². The van der Waals surface area contributed by atoms with Gasteiger partial charge in [-0.25, -0.2) is 4.98 Å². The average Bonchev–Trinajstić information content (AvgIpc) is 3.27. The Morgan fingerprint density at radius 2 is 1.67 bits per heavy atom. The summed E-state index contributed by atoms with van der Waals surface area (Å²) in [4.78, 5) is 32.5. The van der Waals surface area contributed by atoms with Gasteiger partial charge in [-0.3, -0.25) is 9.59 Å². The summed E-state index contributed by atoms with van der Waals surface area (Å²) in [6.45, 7) is 1.59. The molecule has 4 aromatic rings. The summed E-state index contributed by atoms with van der Waals surface area (Å²) >= 11 is 0. The molecule has 5 rings (SSSR count). The lowest BCUT2D eigenvalue weighted by Crippen LogP contribution is -2.38. The number of hydrogen-bond acceptors (Lipinski definition) is 3. The number of benzene rings is 3. The second-order valence-corrected chi connectivity index (χ2v) is 9.32. The summed E-state index contributed by atoms with van der Waals surface area (Å²) in [5.41, 5.74) is 5.29. The summed E-state index contributed by atoms with van der Waals surface area (Å²) in [5.74, 6) is 1.03. The number of nitrogens with zero attached hydrogens (tertiary/aromatic N) is 3. The maximum absolute atomic E-state index is 13.5. The average molecular weight is 481 g/mol. The van der Waals surface area contributed by atoms with E-state index in [4.69, 9.17) is 4.98 Å². The summed E-state index contributed by atoms with van der Waals surface area (Å²) < 4.78 is 2.05. The molecule has 0 atom stereocenters. The zero-order valence-electron chi connectivity index (χ0n) is 20.5. The SMILES string of the molecule is O=C(CCc1ccccc1)NCCCc1nc2ccccc2n1CC(=O)N1CCCc2ccccc21. The van der Waals surface area contributed by atoms with Crippen LogP contribution in [0.5, 0.6) is 0 Å². The molecule has 0 fully saturated rings. The number of nitrogens with one attached hydrogen (secondary N) is 1. The fourth-order valence-corrected chi connectivity index (χ4v) is 4.97. The Kier molecular flexibility index (Phi) is 7.41. The highest BCUT2D eigenvalue weighted by molar-refractivity contribution is 5.95.